The molecule has 3 atom stereocenters. The van der Waals surface area contributed by atoms with Gasteiger partial charge in [-0.25, -0.2) is 0 Å². The van der Waals surface area contributed by atoms with E-state index >= 15 is 0 Å². The first kappa shape index (κ1) is 14.1. The van der Waals surface area contributed by atoms with E-state index < -0.39 is 11.5 Å². The fourth-order valence-electron chi connectivity index (χ4n) is 3.29. The van der Waals surface area contributed by atoms with Gasteiger partial charge in [-0.15, -0.1) is 0 Å². The fraction of sp³-hybridized carbons (Fsp3) is 0.588. The molecule has 0 amide bonds. The van der Waals surface area contributed by atoms with Crippen LogP contribution >= 0.6 is 0 Å². The van der Waals surface area contributed by atoms with E-state index in [1.165, 1.54) is 12.0 Å². The summed E-state index contributed by atoms with van der Waals surface area (Å²) in [5, 5.41) is 20.0. The quantitative estimate of drug-likeness (QED) is 0.893. The van der Waals surface area contributed by atoms with Crippen molar-refractivity contribution < 1.29 is 5.11 Å². The van der Waals surface area contributed by atoms with Gasteiger partial charge in [0.15, 0.2) is 0 Å². The van der Waals surface area contributed by atoms with Crippen LogP contribution in [-0.4, -0.2) is 11.2 Å². The summed E-state index contributed by atoms with van der Waals surface area (Å²) in [5.74, 6) is 0.555. The summed E-state index contributed by atoms with van der Waals surface area (Å²) in [5.41, 5.74) is 0.727. The molecule has 0 bridgehead atoms. The molecule has 0 radical (unpaired) electrons. The van der Waals surface area contributed by atoms with Crippen LogP contribution in [0.15, 0.2) is 30.3 Å². The fourth-order valence-corrected chi connectivity index (χ4v) is 3.29. The maximum atomic E-state index is 10.5. The molecule has 0 spiro atoms. The van der Waals surface area contributed by atoms with Gasteiger partial charge in [-0.3, -0.25) is 0 Å². The van der Waals surface area contributed by atoms with E-state index in [0.29, 0.717) is 12.3 Å². The molecule has 0 aromatic heterocycles. The Morgan fingerprint density at radius 2 is 2.16 bits per heavy atom. The van der Waals surface area contributed by atoms with Crippen molar-refractivity contribution in [1.82, 2.24) is 0 Å². The van der Waals surface area contributed by atoms with Gasteiger partial charge in [0.2, 0.25) is 0 Å². The van der Waals surface area contributed by atoms with Crippen LogP contribution in [0.25, 0.3) is 0 Å². The average molecular weight is 257 g/mol. The highest BCUT2D eigenvalue weighted by molar-refractivity contribution is 5.15. The summed E-state index contributed by atoms with van der Waals surface area (Å²) in [6.07, 6.45) is 4.99. The Morgan fingerprint density at radius 3 is 2.79 bits per heavy atom. The summed E-state index contributed by atoms with van der Waals surface area (Å²) in [6.45, 7) is 2.19. The zero-order valence-corrected chi connectivity index (χ0v) is 11.7. The Bertz CT molecular complexity index is 436. The molecule has 19 heavy (non-hydrogen) atoms. The average Bonchev–Trinajstić information content (AvgIpc) is 2.45. The molecule has 1 aliphatic carbocycles. The Morgan fingerprint density at radius 1 is 1.42 bits per heavy atom. The molecule has 2 heteroatoms. The number of rotatable bonds is 4. The van der Waals surface area contributed by atoms with Crippen molar-refractivity contribution in [3.63, 3.8) is 0 Å². The van der Waals surface area contributed by atoms with Crippen molar-refractivity contribution in [1.29, 1.82) is 5.26 Å². The highest BCUT2D eigenvalue weighted by Gasteiger charge is 2.41. The van der Waals surface area contributed by atoms with Crippen LogP contribution in [0.4, 0.5) is 0 Å². The van der Waals surface area contributed by atoms with E-state index in [1.807, 2.05) is 18.2 Å². The molecule has 1 saturated carbocycles. The molecule has 102 valence electrons. The predicted octanol–water partition coefficient (Wildman–Crippen LogP) is 3.70. The van der Waals surface area contributed by atoms with Gasteiger partial charge >= 0.3 is 0 Å². The molecule has 2 nitrogen and oxygen atoms in total. The zero-order chi connectivity index (χ0) is 13.7. The molecule has 2 rings (SSSR count). The van der Waals surface area contributed by atoms with Crippen molar-refractivity contribution in [2.45, 2.75) is 51.6 Å². The lowest BCUT2D eigenvalue weighted by molar-refractivity contribution is 0.0179. The lowest BCUT2D eigenvalue weighted by atomic mass is 9.67. The third-order valence-corrected chi connectivity index (χ3v) is 4.44. The second kappa shape index (κ2) is 6.21. The molecule has 0 heterocycles. The molecule has 1 fully saturated rings. The minimum atomic E-state index is -0.507. The molecular formula is C17H23NO. The van der Waals surface area contributed by atoms with E-state index in [2.05, 4.69) is 25.1 Å². The third-order valence-electron chi connectivity index (χ3n) is 4.44. The SMILES string of the molecule is CC1CCCC(C#N)(C(O)CCc2ccccc2)C1. The number of aryl methyl sites for hydroxylation is 1. The largest absolute Gasteiger partial charge is 0.391 e. The van der Waals surface area contributed by atoms with E-state index in [0.717, 1.165) is 25.7 Å². The lowest BCUT2D eigenvalue weighted by Crippen LogP contribution is -2.38. The van der Waals surface area contributed by atoms with Crippen LogP contribution in [0.2, 0.25) is 0 Å². The second-order valence-corrected chi connectivity index (χ2v) is 6.01. The third kappa shape index (κ3) is 3.36. The molecule has 1 aromatic carbocycles. The van der Waals surface area contributed by atoms with E-state index in [-0.39, 0.29) is 0 Å². The standard InChI is InChI=1S/C17H23NO/c1-14-6-5-11-17(12-14,13-18)16(19)10-9-15-7-3-2-4-8-15/h2-4,7-8,14,16,19H,5-6,9-12H2,1H3. The van der Waals surface area contributed by atoms with Crippen molar-refractivity contribution in [2.24, 2.45) is 11.3 Å². The Labute approximate surface area is 116 Å². The molecule has 0 saturated heterocycles. The van der Waals surface area contributed by atoms with E-state index in [9.17, 15) is 10.4 Å². The first-order valence-corrected chi connectivity index (χ1v) is 7.29. The van der Waals surface area contributed by atoms with Crippen LogP contribution < -0.4 is 0 Å². The number of hydrogen-bond donors (Lipinski definition) is 1. The number of aliphatic hydroxyl groups is 1. The summed E-state index contributed by atoms with van der Waals surface area (Å²) >= 11 is 0. The van der Waals surface area contributed by atoms with E-state index in [4.69, 9.17) is 0 Å². The predicted molar refractivity (Wildman–Crippen MR) is 76.4 cm³/mol. The summed E-state index contributed by atoms with van der Waals surface area (Å²) < 4.78 is 0. The second-order valence-electron chi connectivity index (χ2n) is 6.01. The molecule has 0 aliphatic heterocycles. The van der Waals surface area contributed by atoms with Gasteiger partial charge in [-0.05, 0) is 37.2 Å². The number of benzene rings is 1. The summed E-state index contributed by atoms with van der Waals surface area (Å²) in [4.78, 5) is 0. The van der Waals surface area contributed by atoms with Gasteiger partial charge in [-0.2, -0.15) is 5.26 Å². The number of aliphatic hydroxyl groups excluding tert-OH is 1. The topological polar surface area (TPSA) is 44.0 Å². The number of nitriles is 1. The molecule has 1 aromatic rings. The van der Waals surface area contributed by atoms with Crippen LogP contribution in [0.3, 0.4) is 0 Å². The molecule has 1 N–H and O–H groups in total. The molecular weight excluding hydrogens is 234 g/mol. The Balaban J connectivity index is 1.97. The van der Waals surface area contributed by atoms with Gasteiger partial charge in [0, 0.05) is 0 Å². The maximum Gasteiger partial charge on any atom is 0.0834 e. The van der Waals surface area contributed by atoms with Crippen LogP contribution in [0.5, 0.6) is 0 Å². The minimum Gasteiger partial charge on any atom is -0.391 e. The minimum absolute atomic E-state index is 0.500. The summed E-state index contributed by atoms with van der Waals surface area (Å²) in [6, 6.07) is 12.6. The molecule has 3 unspecified atom stereocenters. The van der Waals surface area contributed by atoms with Gasteiger partial charge in [0.05, 0.1) is 17.6 Å². The van der Waals surface area contributed by atoms with Gasteiger partial charge < -0.3 is 5.11 Å². The number of nitrogens with zero attached hydrogens (tertiary/aromatic N) is 1. The van der Waals surface area contributed by atoms with Crippen LogP contribution in [0.1, 0.15) is 44.6 Å². The van der Waals surface area contributed by atoms with Gasteiger partial charge in [0.25, 0.3) is 0 Å². The van der Waals surface area contributed by atoms with E-state index in [1.54, 1.807) is 0 Å². The Hall–Kier alpha value is -1.33. The lowest BCUT2D eigenvalue weighted by Gasteiger charge is -2.38. The summed E-state index contributed by atoms with van der Waals surface area (Å²) in [7, 11) is 0. The highest BCUT2D eigenvalue weighted by Crippen LogP contribution is 2.42. The van der Waals surface area contributed by atoms with Crippen molar-refractivity contribution in [3.8, 4) is 6.07 Å². The Kier molecular flexibility index (Phi) is 4.61. The van der Waals surface area contributed by atoms with Crippen LogP contribution in [-0.2, 0) is 6.42 Å². The van der Waals surface area contributed by atoms with Crippen molar-refractivity contribution in [3.05, 3.63) is 35.9 Å². The first-order chi connectivity index (χ1) is 9.16. The van der Waals surface area contributed by atoms with Crippen molar-refractivity contribution >= 4 is 0 Å². The highest BCUT2D eigenvalue weighted by atomic mass is 16.3. The monoisotopic (exact) mass is 257 g/mol. The number of hydrogen-bond acceptors (Lipinski definition) is 2. The van der Waals surface area contributed by atoms with Crippen molar-refractivity contribution in [2.75, 3.05) is 0 Å². The van der Waals surface area contributed by atoms with Gasteiger partial charge in [-0.1, -0.05) is 50.1 Å². The van der Waals surface area contributed by atoms with Crippen LogP contribution in [0, 0.1) is 22.7 Å². The van der Waals surface area contributed by atoms with Gasteiger partial charge in [0.1, 0.15) is 0 Å². The molecule has 1 aliphatic rings. The maximum absolute atomic E-state index is 10.5. The smallest absolute Gasteiger partial charge is 0.0834 e. The zero-order valence-electron chi connectivity index (χ0n) is 11.7. The normalized spacial score (nSPS) is 28.6. The first-order valence-electron chi connectivity index (χ1n) is 7.29.